The molecular weight excluding hydrogens is 148 g/mol. The van der Waals surface area contributed by atoms with Crippen molar-refractivity contribution in [3.8, 4) is 0 Å². The van der Waals surface area contributed by atoms with Gasteiger partial charge in [-0.25, -0.2) is 0 Å². The van der Waals surface area contributed by atoms with E-state index >= 15 is 0 Å². The van der Waals surface area contributed by atoms with Crippen LogP contribution in [0.25, 0.3) is 0 Å². The molecule has 0 aliphatic heterocycles. The number of aliphatic hydroxyl groups excluding tert-OH is 1. The van der Waals surface area contributed by atoms with Crippen molar-refractivity contribution in [2.45, 2.75) is 12.5 Å². The Labute approximate surface area is 72.4 Å². The van der Waals surface area contributed by atoms with Gasteiger partial charge in [-0.1, -0.05) is 37.0 Å². The van der Waals surface area contributed by atoms with E-state index in [1.54, 1.807) is 0 Å². The van der Waals surface area contributed by atoms with Crippen molar-refractivity contribution in [3.63, 3.8) is 0 Å². The summed E-state index contributed by atoms with van der Waals surface area (Å²) in [6.45, 7) is 7.82. The first-order chi connectivity index (χ1) is 5.70. The van der Waals surface area contributed by atoms with Gasteiger partial charge in [-0.15, -0.1) is 0 Å². The molecule has 0 heterocycles. The van der Waals surface area contributed by atoms with Crippen LogP contribution in [0.3, 0.4) is 0 Å². The van der Waals surface area contributed by atoms with Gasteiger partial charge in [-0.2, -0.15) is 0 Å². The number of rotatable bonds is 0. The minimum Gasteiger partial charge on any atom is -0.388 e. The molecule has 0 saturated heterocycles. The molecule has 2 unspecified atom stereocenters. The highest BCUT2D eigenvalue weighted by atomic mass is 16.3. The second kappa shape index (κ2) is 2.46. The highest BCUT2D eigenvalue weighted by Gasteiger charge is 2.29. The molecule has 0 bridgehead atoms. The minimum absolute atomic E-state index is 0.320. The summed E-state index contributed by atoms with van der Waals surface area (Å²) in [6.07, 6.45) is 6.37. The van der Waals surface area contributed by atoms with Crippen LogP contribution in [-0.2, 0) is 0 Å². The molecule has 0 aromatic rings. The zero-order chi connectivity index (χ0) is 8.72. The van der Waals surface area contributed by atoms with Gasteiger partial charge in [0.2, 0.25) is 0 Å². The van der Waals surface area contributed by atoms with E-state index in [4.69, 9.17) is 0 Å². The second-order valence-electron chi connectivity index (χ2n) is 3.39. The highest BCUT2D eigenvalue weighted by molar-refractivity contribution is 5.50. The standard InChI is InChI=1S/C11H12O/c1-7-6-11(12)8(2)10-5-3-4-9(7)10/h3-5,9,11-12H,1-2,6H2. The molecule has 1 heteroatoms. The first kappa shape index (κ1) is 7.56. The molecule has 2 atom stereocenters. The molecule has 0 aromatic heterocycles. The lowest BCUT2D eigenvalue weighted by Gasteiger charge is -2.29. The second-order valence-corrected chi connectivity index (χ2v) is 3.39. The SMILES string of the molecule is C=C1C2=CC=CC2C(=C)CC1O. The summed E-state index contributed by atoms with van der Waals surface area (Å²) >= 11 is 0. The first-order valence-corrected chi connectivity index (χ1v) is 4.13. The summed E-state index contributed by atoms with van der Waals surface area (Å²) < 4.78 is 0. The molecule has 2 aliphatic rings. The molecule has 0 radical (unpaired) electrons. The van der Waals surface area contributed by atoms with Crippen LogP contribution in [0.4, 0.5) is 0 Å². The monoisotopic (exact) mass is 160 g/mol. The molecule has 1 N–H and O–H groups in total. The van der Waals surface area contributed by atoms with Gasteiger partial charge in [-0.05, 0) is 17.6 Å². The number of hydrogen-bond donors (Lipinski definition) is 1. The summed E-state index contributed by atoms with van der Waals surface area (Å²) in [4.78, 5) is 0. The number of fused-ring (bicyclic) bond motifs is 1. The van der Waals surface area contributed by atoms with Crippen molar-refractivity contribution in [2.75, 3.05) is 0 Å². The topological polar surface area (TPSA) is 20.2 Å². The van der Waals surface area contributed by atoms with Crippen molar-refractivity contribution in [1.82, 2.24) is 0 Å². The Bertz CT molecular complexity index is 307. The van der Waals surface area contributed by atoms with E-state index in [9.17, 15) is 5.11 Å². The molecule has 2 rings (SSSR count). The molecule has 12 heavy (non-hydrogen) atoms. The fourth-order valence-corrected chi connectivity index (χ4v) is 1.83. The van der Waals surface area contributed by atoms with Crippen molar-refractivity contribution >= 4 is 0 Å². The lowest BCUT2D eigenvalue weighted by atomic mass is 9.79. The Morgan fingerprint density at radius 2 is 2.17 bits per heavy atom. The Morgan fingerprint density at radius 3 is 2.92 bits per heavy atom. The average Bonchev–Trinajstić information content (AvgIpc) is 2.48. The van der Waals surface area contributed by atoms with Crippen LogP contribution in [0.15, 0.2) is 48.1 Å². The largest absolute Gasteiger partial charge is 0.388 e. The van der Waals surface area contributed by atoms with Gasteiger partial charge >= 0.3 is 0 Å². The maximum Gasteiger partial charge on any atom is 0.0824 e. The predicted octanol–water partition coefficient (Wildman–Crippen LogP) is 1.98. The zero-order valence-electron chi connectivity index (χ0n) is 6.96. The van der Waals surface area contributed by atoms with E-state index in [1.165, 1.54) is 0 Å². The van der Waals surface area contributed by atoms with Crippen LogP contribution in [0.1, 0.15) is 6.42 Å². The van der Waals surface area contributed by atoms with Gasteiger partial charge in [0.05, 0.1) is 6.10 Å². The molecule has 2 aliphatic carbocycles. The maximum absolute atomic E-state index is 9.57. The van der Waals surface area contributed by atoms with Gasteiger partial charge in [0, 0.05) is 5.92 Å². The van der Waals surface area contributed by atoms with Crippen LogP contribution in [0.5, 0.6) is 0 Å². The van der Waals surface area contributed by atoms with Gasteiger partial charge in [0.1, 0.15) is 0 Å². The molecule has 0 aromatic carbocycles. The maximum atomic E-state index is 9.57. The summed E-state index contributed by atoms with van der Waals surface area (Å²) in [5, 5.41) is 9.57. The predicted molar refractivity (Wildman–Crippen MR) is 49.6 cm³/mol. The summed E-state index contributed by atoms with van der Waals surface area (Å²) in [6, 6.07) is 0. The Hall–Kier alpha value is -1.08. The molecular formula is C11H12O. The number of aliphatic hydroxyl groups is 1. The minimum atomic E-state index is -0.417. The van der Waals surface area contributed by atoms with Crippen molar-refractivity contribution in [2.24, 2.45) is 5.92 Å². The van der Waals surface area contributed by atoms with Crippen LogP contribution < -0.4 is 0 Å². The third-order valence-electron chi connectivity index (χ3n) is 2.58. The number of hydrogen-bond acceptors (Lipinski definition) is 1. The van der Waals surface area contributed by atoms with Crippen LogP contribution >= 0.6 is 0 Å². The lowest BCUT2D eigenvalue weighted by Crippen LogP contribution is -2.23. The molecule has 0 amide bonds. The quantitative estimate of drug-likeness (QED) is 0.537. The van der Waals surface area contributed by atoms with Crippen molar-refractivity contribution < 1.29 is 5.11 Å². The summed E-state index contributed by atoms with van der Waals surface area (Å²) in [7, 11) is 0. The first-order valence-electron chi connectivity index (χ1n) is 4.13. The van der Waals surface area contributed by atoms with Crippen LogP contribution in [0, 0.1) is 5.92 Å². The fourth-order valence-electron chi connectivity index (χ4n) is 1.83. The molecule has 1 fully saturated rings. The van der Waals surface area contributed by atoms with E-state index in [-0.39, 0.29) is 0 Å². The van der Waals surface area contributed by atoms with E-state index in [1.807, 2.05) is 12.2 Å². The van der Waals surface area contributed by atoms with E-state index in [2.05, 4.69) is 19.2 Å². The van der Waals surface area contributed by atoms with Gasteiger partial charge in [0.25, 0.3) is 0 Å². The van der Waals surface area contributed by atoms with Gasteiger partial charge in [0.15, 0.2) is 0 Å². The Balaban J connectivity index is 2.37. The van der Waals surface area contributed by atoms with Crippen molar-refractivity contribution in [3.05, 3.63) is 48.1 Å². The van der Waals surface area contributed by atoms with E-state index < -0.39 is 6.10 Å². The molecule has 1 nitrogen and oxygen atoms in total. The Morgan fingerprint density at radius 1 is 1.42 bits per heavy atom. The number of allylic oxidation sites excluding steroid dienone is 3. The van der Waals surface area contributed by atoms with Crippen molar-refractivity contribution in [1.29, 1.82) is 0 Å². The smallest absolute Gasteiger partial charge is 0.0824 e. The van der Waals surface area contributed by atoms with E-state index in [0.717, 1.165) is 16.7 Å². The van der Waals surface area contributed by atoms with Gasteiger partial charge < -0.3 is 5.11 Å². The highest BCUT2D eigenvalue weighted by Crippen LogP contribution is 2.39. The molecule has 0 spiro atoms. The van der Waals surface area contributed by atoms with E-state index in [0.29, 0.717) is 12.3 Å². The molecule has 62 valence electrons. The average molecular weight is 160 g/mol. The van der Waals surface area contributed by atoms with Crippen LogP contribution in [-0.4, -0.2) is 11.2 Å². The normalized spacial score (nSPS) is 33.6. The lowest BCUT2D eigenvalue weighted by molar-refractivity contribution is 0.204. The third kappa shape index (κ3) is 0.901. The fraction of sp³-hybridized carbons (Fsp3) is 0.273. The molecule has 1 saturated carbocycles. The van der Waals surface area contributed by atoms with Gasteiger partial charge in [-0.3, -0.25) is 0 Å². The Kier molecular flexibility index (Phi) is 1.55. The van der Waals surface area contributed by atoms with Crippen LogP contribution in [0.2, 0.25) is 0 Å². The summed E-state index contributed by atoms with van der Waals surface area (Å²) in [5.74, 6) is 0.320. The third-order valence-corrected chi connectivity index (χ3v) is 2.58. The zero-order valence-corrected chi connectivity index (χ0v) is 6.96. The summed E-state index contributed by atoms with van der Waals surface area (Å²) in [5.41, 5.74) is 3.09.